The van der Waals surface area contributed by atoms with E-state index in [9.17, 15) is 9.59 Å². The van der Waals surface area contributed by atoms with Crippen molar-refractivity contribution in [2.75, 3.05) is 40.0 Å². The Hall–Kier alpha value is -1.34. The smallest absolute Gasteiger partial charge is 0.317 e. The van der Waals surface area contributed by atoms with Crippen molar-refractivity contribution in [2.45, 2.75) is 37.8 Å². The number of esters is 1. The molecule has 2 aliphatic rings. The first-order valence-corrected chi connectivity index (χ1v) is 7.50. The highest BCUT2D eigenvalue weighted by Crippen LogP contribution is 2.14. The van der Waals surface area contributed by atoms with Gasteiger partial charge in [-0.1, -0.05) is 0 Å². The molecule has 7 nitrogen and oxygen atoms in total. The molecule has 0 aromatic heterocycles. The fourth-order valence-electron chi connectivity index (χ4n) is 2.55. The third-order valence-corrected chi connectivity index (χ3v) is 3.81. The van der Waals surface area contributed by atoms with Crippen LogP contribution in [0.25, 0.3) is 0 Å². The molecular weight excluding hydrogens is 276 g/mol. The van der Waals surface area contributed by atoms with E-state index < -0.39 is 0 Å². The average Bonchev–Trinajstić information content (AvgIpc) is 3.16. The molecule has 2 rings (SSSR count). The van der Waals surface area contributed by atoms with E-state index in [0.717, 1.165) is 25.9 Å². The first-order valence-electron chi connectivity index (χ1n) is 7.50. The van der Waals surface area contributed by atoms with Crippen LogP contribution in [0.5, 0.6) is 0 Å². The Kier molecular flexibility index (Phi) is 6.25. The summed E-state index contributed by atoms with van der Waals surface area (Å²) in [5, 5.41) is 2.95. The van der Waals surface area contributed by atoms with Gasteiger partial charge < -0.3 is 24.4 Å². The number of ether oxygens (including phenoxy) is 3. The number of hydrogen-bond donors (Lipinski definition) is 1. The van der Waals surface area contributed by atoms with Gasteiger partial charge in [0.15, 0.2) is 0 Å². The lowest BCUT2D eigenvalue weighted by Gasteiger charge is -2.26. The van der Waals surface area contributed by atoms with Gasteiger partial charge in [-0.2, -0.15) is 0 Å². The summed E-state index contributed by atoms with van der Waals surface area (Å²) in [6.45, 7) is 2.82. The minimum atomic E-state index is -0.315. The molecule has 2 unspecified atom stereocenters. The largest absolute Gasteiger partial charge is 0.469 e. The number of amides is 2. The number of carbonyl (C=O) groups excluding carboxylic acids is 2. The van der Waals surface area contributed by atoms with E-state index >= 15 is 0 Å². The van der Waals surface area contributed by atoms with Crippen molar-refractivity contribution in [2.24, 2.45) is 0 Å². The van der Waals surface area contributed by atoms with Crippen LogP contribution in [0.15, 0.2) is 0 Å². The Morgan fingerprint density at radius 2 is 2.19 bits per heavy atom. The second-order valence-corrected chi connectivity index (χ2v) is 5.42. The predicted octanol–water partition coefficient (Wildman–Crippen LogP) is 0.529. The highest BCUT2D eigenvalue weighted by Gasteiger charge is 2.25. The number of nitrogens with zero attached hydrogens (tertiary/aromatic N) is 1. The van der Waals surface area contributed by atoms with Crippen LogP contribution in [0.2, 0.25) is 0 Å². The number of rotatable bonds is 6. The first-order chi connectivity index (χ1) is 10.2. The second-order valence-electron chi connectivity index (χ2n) is 5.42. The molecule has 2 atom stereocenters. The van der Waals surface area contributed by atoms with Gasteiger partial charge in [0.25, 0.3) is 0 Å². The zero-order valence-electron chi connectivity index (χ0n) is 12.5. The summed E-state index contributed by atoms with van der Waals surface area (Å²) in [6.07, 6.45) is 3.06. The van der Waals surface area contributed by atoms with Gasteiger partial charge in [0.05, 0.1) is 32.3 Å². The summed E-state index contributed by atoms with van der Waals surface area (Å²) in [5.41, 5.74) is 0. The molecule has 2 heterocycles. The van der Waals surface area contributed by atoms with E-state index in [1.54, 1.807) is 4.90 Å². The van der Waals surface area contributed by atoms with Crippen LogP contribution in [-0.4, -0.2) is 69.1 Å². The van der Waals surface area contributed by atoms with Gasteiger partial charge in [-0.05, 0) is 19.3 Å². The molecule has 2 aliphatic heterocycles. The number of hydrogen-bond acceptors (Lipinski definition) is 5. The van der Waals surface area contributed by atoms with Crippen LogP contribution in [0.3, 0.4) is 0 Å². The minimum Gasteiger partial charge on any atom is -0.469 e. The van der Waals surface area contributed by atoms with Crippen LogP contribution >= 0.6 is 0 Å². The van der Waals surface area contributed by atoms with Crippen molar-refractivity contribution < 1.29 is 23.8 Å². The number of carbonyl (C=O) groups is 2. The monoisotopic (exact) mass is 300 g/mol. The van der Waals surface area contributed by atoms with E-state index in [-0.39, 0.29) is 30.6 Å². The third kappa shape index (κ3) is 5.17. The molecule has 0 aromatic carbocycles. The molecule has 2 saturated heterocycles. The van der Waals surface area contributed by atoms with Crippen LogP contribution < -0.4 is 5.32 Å². The van der Waals surface area contributed by atoms with Crippen LogP contribution in [0, 0.1) is 0 Å². The number of methoxy groups -OCH3 is 1. The summed E-state index contributed by atoms with van der Waals surface area (Å²) in [7, 11) is 1.35. The van der Waals surface area contributed by atoms with E-state index in [2.05, 4.69) is 10.1 Å². The van der Waals surface area contributed by atoms with E-state index in [0.29, 0.717) is 26.3 Å². The van der Waals surface area contributed by atoms with Crippen molar-refractivity contribution in [1.29, 1.82) is 0 Å². The molecule has 120 valence electrons. The summed E-state index contributed by atoms with van der Waals surface area (Å²) < 4.78 is 15.5. The average molecular weight is 300 g/mol. The first kappa shape index (κ1) is 16.0. The molecule has 0 spiro atoms. The Labute approximate surface area is 124 Å². The molecule has 0 aromatic rings. The van der Waals surface area contributed by atoms with Gasteiger partial charge in [0, 0.05) is 26.3 Å². The van der Waals surface area contributed by atoms with Crippen molar-refractivity contribution in [3.8, 4) is 0 Å². The van der Waals surface area contributed by atoms with Gasteiger partial charge in [0.1, 0.15) is 0 Å². The Morgan fingerprint density at radius 1 is 1.33 bits per heavy atom. The minimum absolute atomic E-state index is 0.0580. The predicted molar refractivity (Wildman–Crippen MR) is 74.9 cm³/mol. The lowest BCUT2D eigenvalue weighted by Crippen LogP contribution is -2.48. The van der Waals surface area contributed by atoms with E-state index in [4.69, 9.17) is 9.47 Å². The van der Waals surface area contributed by atoms with Crippen LogP contribution in [0.1, 0.15) is 25.7 Å². The Morgan fingerprint density at radius 3 is 2.81 bits per heavy atom. The number of nitrogens with one attached hydrogen (secondary N) is 1. The van der Waals surface area contributed by atoms with Crippen LogP contribution in [-0.2, 0) is 19.0 Å². The maximum Gasteiger partial charge on any atom is 0.317 e. The van der Waals surface area contributed by atoms with Gasteiger partial charge in [0.2, 0.25) is 0 Å². The van der Waals surface area contributed by atoms with Gasteiger partial charge >= 0.3 is 12.0 Å². The van der Waals surface area contributed by atoms with E-state index in [1.165, 1.54) is 7.11 Å². The second kappa shape index (κ2) is 8.19. The summed E-state index contributed by atoms with van der Waals surface area (Å²) in [6, 6.07) is -0.104. The van der Waals surface area contributed by atoms with Crippen LogP contribution in [0.4, 0.5) is 4.79 Å². The molecule has 7 heteroatoms. The molecule has 0 bridgehead atoms. The number of urea groups is 1. The Bertz CT molecular complexity index is 351. The molecule has 1 N–H and O–H groups in total. The summed E-state index contributed by atoms with van der Waals surface area (Å²) in [4.78, 5) is 25.3. The highest BCUT2D eigenvalue weighted by molar-refractivity contribution is 5.76. The summed E-state index contributed by atoms with van der Waals surface area (Å²) in [5.74, 6) is -0.315. The molecule has 21 heavy (non-hydrogen) atoms. The van der Waals surface area contributed by atoms with E-state index in [1.807, 2.05) is 0 Å². The quantitative estimate of drug-likeness (QED) is 0.724. The standard InChI is InChI=1S/C14H24N2O5/c1-19-13(17)4-6-16(9-12-3-2-7-21-12)14(18)15-11-5-8-20-10-11/h11-12H,2-10H2,1H3,(H,15,18). The molecule has 0 saturated carbocycles. The lowest BCUT2D eigenvalue weighted by molar-refractivity contribution is -0.140. The maximum absolute atomic E-state index is 12.3. The molecule has 0 radical (unpaired) electrons. The lowest BCUT2D eigenvalue weighted by atomic mass is 10.2. The zero-order chi connectivity index (χ0) is 15.1. The molecule has 2 amide bonds. The fourth-order valence-corrected chi connectivity index (χ4v) is 2.55. The zero-order valence-corrected chi connectivity index (χ0v) is 12.5. The highest BCUT2D eigenvalue weighted by atomic mass is 16.5. The molecular formula is C14H24N2O5. The Balaban J connectivity index is 1.85. The van der Waals surface area contributed by atoms with Crippen molar-refractivity contribution >= 4 is 12.0 Å². The SMILES string of the molecule is COC(=O)CCN(CC1CCCO1)C(=O)NC1CCOC1. The van der Waals surface area contributed by atoms with Crippen molar-refractivity contribution in [3.63, 3.8) is 0 Å². The van der Waals surface area contributed by atoms with Crippen molar-refractivity contribution in [3.05, 3.63) is 0 Å². The van der Waals surface area contributed by atoms with Gasteiger partial charge in [-0.3, -0.25) is 4.79 Å². The topological polar surface area (TPSA) is 77.1 Å². The molecule has 2 fully saturated rings. The third-order valence-electron chi connectivity index (χ3n) is 3.81. The maximum atomic E-state index is 12.3. The molecule has 0 aliphatic carbocycles. The van der Waals surface area contributed by atoms with Gasteiger partial charge in [-0.15, -0.1) is 0 Å². The fraction of sp³-hybridized carbons (Fsp3) is 0.857. The van der Waals surface area contributed by atoms with Gasteiger partial charge in [-0.25, -0.2) is 4.79 Å². The summed E-state index contributed by atoms with van der Waals surface area (Å²) >= 11 is 0. The van der Waals surface area contributed by atoms with Crippen molar-refractivity contribution in [1.82, 2.24) is 10.2 Å². The normalized spacial score (nSPS) is 24.8.